The Morgan fingerprint density at radius 1 is 1.35 bits per heavy atom. The van der Waals surface area contributed by atoms with Gasteiger partial charge in [0.05, 0.1) is 7.11 Å². The molecule has 0 aliphatic heterocycles. The number of hydrogen-bond acceptors (Lipinski definition) is 3. The van der Waals surface area contributed by atoms with Gasteiger partial charge in [0, 0.05) is 13.0 Å². The third-order valence-corrected chi connectivity index (χ3v) is 2.52. The smallest absolute Gasteiger partial charge is 0.230 e. The van der Waals surface area contributed by atoms with Crippen molar-refractivity contribution < 1.29 is 9.53 Å². The lowest BCUT2D eigenvalue weighted by molar-refractivity contribution is -0.120. The summed E-state index contributed by atoms with van der Waals surface area (Å²) < 4.78 is 5.10. The third kappa shape index (κ3) is 5.36. The van der Waals surface area contributed by atoms with Crippen molar-refractivity contribution in [2.45, 2.75) is 32.7 Å². The van der Waals surface area contributed by atoms with Gasteiger partial charge in [-0.25, -0.2) is 5.43 Å². The summed E-state index contributed by atoms with van der Waals surface area (Å²) in [6, 6.07) is 8.29. The summed E-state index contributed by atoms with van der Waals surface area (Å²) in [6.45, 7) is 3.53. The van der Waals surface area contributed by atoms with Gasteiger partial charge in [0.1, 0.15) is 5.75 Å². The van der Waals surface area contributed by atoms with E-state index in [0.717, 1.165) is 18.6 Å². The van der Waals surface area contributed by atoms with Crippen LogP contribution in [0.3, 0.4) is 0 Å². The fourth-order valence-electron chi connectivity index (χ4n) is 1.47. The molecule has 0 spiro atoms. The first-order valence-electron chi connectivity index (χ1n) is 5.77. The number of methoxy groups -OCH3 is 1. The normalized spacial score (nSPS) is 11.9. The Morgan fingerprint density at radius 2 is 2.00 bits per heavy atom. The molecule has 0 saturated heterocycles. The Bertz CT molecular complexity index is 349. The average Bonchev–Trinajstić information content (AvgIpc) is 2.34. The molecule has 0 aromatic heterocycles. The van der Waals surface area contributed by atoms with Gasteiger partial charge in [-0.1, -0.05) is 12.1 Å². The van der Waals surface area contributed by atoms with Crippen molar-refractivity contribution in [2.75, 3.05) is 7.11 Å². The highest BCUT2D eigenvalue weighted by atomic mass is 16.5. The van der Waals surface area contributed by atoms with Crippen molar-refractivity contribution in [1.29, 1.82) is 0 Å². The quantitative estimate of drug-likeness (QED) is 0.738. The van der Waals surface area contributed by atoms with Crippen molar-refractivity contribution in [1.82, 2.24) is 10.9 Å². The molecule has 1 rings (SSSR count). The molecule has 1 aromatic carbocycles. The van der Waals surface area contributed by atoms with Crippen LogP contribution in [0, 0.1) is 0 Å². The number of hydrogen-bond donors (Lipinski definition) is 2. The van der Waals surface area contributed by atoms with E-state index in [0.29, 0.717) is 0 Å². The number of rotatable bonds is 6. The van der Waals surface area contributed by atoms with Crippen LogP contribution in [0.1, 0.15) is 25.8 Å². The molecule has 1 atom stereocenters. The Labute approximate surface area is 102 Å². The molecule has 0 fully saturated rings. The maximum absolute atomic E-state index is 10.7. The predicted molar refractivity (Wildman–Crippen MR) is 67.7 cm³/mol. The second-order valence-electron chi connectivity index (χ2n) is 4.11. The van der Waals surface area contributed by atoms with E-state index in [1.807, 2.05) is 19.1 Å². The Morgan fingerprint density at radius 3 is 2.53 bits per heavy atom. The monoisotopic (exact) mass is 236 g/mol. The third-order valence-electron chi connectivity index (χ3n) is 2.52. The summed E-state index contributed by atoms with van der Waals surface area (Å²) in [4.78, 5) is 10.7. The van der Waals surface area contributed by atoms with Crippen LogP contribution in [0.25, 0.3) is 0 Å². The van der Waals surface area contributed by atoms with Crippen LogP contribution in [-0.4, -0.2) is 19.1 Å². The molecule has 4 heteroatoms. The minimum absolute atomic E-state index is 0.0682. The lowest BCUT2D eigenvalue weighted by atomic mass is 10.1. The molecule has 1 aromatic rings. The Balaban J connectivity index is 2.31. The standard InChI is InChI=1S/C13H20N2O2/c1-10(14-15-11(2)16)4-5-12-6-8-13(17-3)9-7-12/h6-10,14H,4-5H2,1-3H3,(H,15,16). The van der Waals surface area contributed by atoms with E-state index in [1.54, 1.807) is 7.11 Å². The first kappa shape index (κ1) is 13.5. The van der Waals surface area contributed by atoms with Crippen LogP contribution < -0.4 is 15.6 Å². The number of nitrogens with one attached hydrogen (secondary N) is 2. The number of carbonyl (C=O) groups is 1. The largest absolute Gasteiger partial charge is 0.497 e. The number of amides is 1. The molecule has 4 nitrogen and oxygen atoms in total. The predicted octanol–water partition coefficient (Wildman–Crippen LogP) is 1.66. The maximum atomic E-state index is 10.7. The SMILES string of the molecule is COc1ccc(CCC(C)NNC(C)=O)cc1. The minimum atomic E-state index is -0.0682. The Kier molecular flexibility index (Phi) is 5.49. The van der Waals surface area contributed by atoms with Gasteiger partial charge in [0.2, 0.25) is 5.91 Å². The number of benzene rings is 1. The van der Waals surface area contributed by atoms with E-state index in [4.69, 9.17) is 4.74 Å². The zero-order valence-corrected chi connectivity index (χ0v) is 10.6. The second kappa shape index (κ2) is 6.91. The van der Waals surface area contributed by atoms with Crippen LogP contribution in [0.2, 0.25) is 0 Å². The van der Waals surface area contributed by atoms with Crippen molar-refractivity contribution >= 4 is 5.91 Å². The van der Waals surface area contributed by atoms with E-state index in [-0.39, 0.29) is 11.9 Å². The van der Waals surface area contributed by atoms with Crippen LogP contribution in [0.4, 0.5) is 0 Å². The lowest BCUT2D eigenvalue weighted by Gasteiger charge is -2.13. The van der Waals surface area contributed by atoms with Gasteiger partial charge < -0.3 is 4.74 Å². The molecule has 1 unspecified atom stereocenters. The molecule has 94 valence electrons. The number of carbonyl (C=O) groups excluding carboxylic acids is 1. The summed E-state index contributed by atoms with van der Waals surface area (Å²) >= 11 is 0. The topological polar surface area (TPSA) is 50.4 Å². The molecule has 1 amide bonds. The number of aryl methyl sites for hydroxylation is 1. The summed E-state index contributed by atoms with van der Waals surface area (Å²) in [6.07, 6.45) is 1.93. The maximum Gasteiger partial charge on any atom is 0.230 e. The number of ether oxygens (including phenoxy) is 1. The summed E-state index contributed by atoms with van der Waals surface area (Å²) in [5.41, 5.74) is 6.81. The van der Waals surface area contributed by atoms with Gasteiger partial charge in [-0.2, -0.15) is 0 Å². The van der Waals surface area contributed by atoms with Crippen LogP contribution in [0.15, 0.2) is 24.3 Å². The molecule has 2 N–H and O–H groups in total. The van der Waals surface area contributed by atoms with Gasteiger partial charge in [-0.15, -0.1) is 0 Å². The van der Waals surface area contributed by atoms with Crippen molar-refractivity contribution in [3.8, 4) is 5.75 Å². The van der Waals surface area contributed by atoms with E-state index in [2.05, 4.69) is 23.0 Å². The first-order valence-corrected chi connectivity index (χ1v) is 5.77. The minimum Gasteiger partial charge on any atom is -0.497 e. The molecule has 0 heterocycles. The number of hydrazine groups is 1. The van der Waals surface area contributed by atoms with Crippen molar-refractivity contribution in [2.24, 2.45) is 0 Å². The van der Waals surface area contributed by atoms with Crippen LogP contribution >= 0.6 is 0 Å². The fraction of sp³-hybridized carbons (Fsp3) is 0.462. The molecule has 0 radical (unpaired) electrons. The van der Waals surface area contributed by atoms with Gasteiger partial charge >= 0.3 is 0 Å². The highest BCUT2D eigenvalue weighted by molar-refractivity contribution is 5.72. The van der Waals surface area contributed by atoms with E-state index in [1.165, 1.54) is 12.5 Å². The molecular weight excluding hydrogens is 216 g/mol. The van der Waals surface area contributed by atoms with Gasteiger partial charge in [-0.05, 0) is 37.5 Å². The fourth-order valence-corrected chi connectivity index (χ4v) is 1.47. The zero-order valence-electron chi connectivity index (χ0n) is 10.6. The van der Waals surface area contributed by atoms with Crippen LogP contribution in [0.5, 0.6) is 5.75 Å². The zero-order chi connectivity index (χ0) is 12.7. The molecule has 17 heavy (non-hydrogen) atoms. The summed E-state index contributed by atoms with van der Waals surface area (Å²) in [5.74, 6) is 0.805. The van der Waals surface area contributed by atoms with E-state index >= 15 is 0 Å². The van der Waals surface area contributed by atoms with Gasteiger partial charge in [-0.3, -0.25) is 10.2 Å². The summed E-state index contributed by atoms with van der Waals surface area (Å²) in [7, 11) is 1.66. The molecular formula is C13H20N2O2. The van der Waals surface area contributed by atoms with Crippen molar-refractivity contribution in [3.63, 3.8) is 0 Å². The molecule has 0 saturated carbocycles. The lowest BCUT2D eigenvalue weighted by Crippen LogP contribution is -2.41. The second-order valence-corrected chi connectivity index (χ2v) is 4.11. The van der Waals surface area contributed by atoms with Gasteiger partial charge in [0.25, 0.3) is 0 Å². The molecule has 0 aliphatic carbocycles. The van der Waals surface area contributed by atoms with E-state index in [9.17, 15) is 4.79 Å². The Hall–Kier alpha value is -1.55. The molecule has 0 aliphatic rings. The van der Waals surface area contributed by atoms with E-state index < -0.39 is 0 Å². The average molecular weight is 236 g/mol. The summed E-state index contributed by atoms with van der Waals surface area (Å²) in [5, 5.41) is 0. The van der Waals surface area contributed by atoms with Crippen LogP contribution in [-0.2, 0) is 11.2 Å². The van der Waals surface area contributed by atoms with Gasteiger partial charge in [0.15, 0.2) is 0 Å². The highest BCUT2D eigenvalue weighted by Gasteiger charge is 2.02. The van der Waals surface area contributed by atoms with Crippen molar-refractivity contribution in [3.05, 3.63) is 29.8 Å². The molecule has 0 bridgehead atoms. The highest BCUT2D eigenvalue weighted by Crippen LogP contribution is 2.13. The first-order chi connectivity index (χ1) is 8.11.